The molecule has 0 radical (unpaired) electrons. The summed E-state index contributed by atoms with van der Waals surface area (Å²) in [6.07, 6.45) is 2.98. The molecule has 0 amide bonds. The molecule has 0 bridgehead atoms. The molecule has 0 saturated carbocycles. The largest absolute Gasteiger partial charge is 0.248 e. The van der Waals surface area contributed by atoms with Gasteiger partial charge in [0.1, 0.15) is 5.03 Å². The number of rotatable bonds is 1. The Kier molecular flexibility index (Phi) is 1.95. The number of nitrogens with one attached hydrogen (secondary N) is 1. The Labute approximate surface area is 66.4 Å². The van der Waals surface area contributed by atoms with E-state index in [0.29, 0.717) is 5.03 Å². The number of aryl methyl sites for hydroxylation is 1. The molecule has 1 atom stereocenters. The Morgan fingerprint density at radius 2 is 2.18 bits per heavy atom. The van der Waals surface area contributed by atoms with E-state index < -0.39 is 9.73 Å². The minimum Gasteiger partial charge on any atom is -0.248 e. The molecule has 0 aliphatic carbocycles. The molecule has 4 heteroatoms. The summed E-state index contributed by atoms with van der Waals surface area (Å²) in [5, 5.41) is 0.350. The fraction of sp³-hybridized carbons (Fsp3) is 0.286. The highest BCUT2D eigenvalue weighted by molar-refractivity contribution is 7.91. The summed E-state index contributed by atoms with van der Waals surface area (Å²) in [6, 6.07) is 3.44. The average Bonchev–Trinajstić information content (AvgIpc) is 1.86. The molecule has 0 aromatic carbocycles. The van der Waals surface area contributed by atoms with Gasteiger partial charge in [-0.15, -0.1) is 0 Å². The van der Waals surface area contributed by atoms with E-state index in [0.717, 1.165) is 5.56 Å². The number of nitrogens with zero attached hydrogens (tertiary/aromatic N) is 1. The SMILES string of the molecule is Cc1ccc(S(C)(=N)=O)nc1. The van der Waals surface area contributed by atoms with Gasteiger partial charge in [0.15, 0.2) is 0 Å². The van der Waals surface area contributed by atoms with E-state index in [-0.39, 0.29) is 0 Å². The van der Waals surface area contributed by atoms with Crippen LogP contribution in [0.1, 0.15) is 5.56 Å². The van der Waals surface area contributed by atoms with E-state index in [1.54, 1.807) is 18.3 Å². The molecule has 0 spiro atoms. The summed E-state index contributed by atoms with van der Waals surface area (Å²) in [5.74, 6) is 0. The Bertz CT molecular complexity index is 339. The third kappa shape index (κ3) is 2.01. The Balaban J connectivity index is 3.20. The second-order valence-corrected chi connectivity index (χ2v) is 4.62. The molecular formula is C7H10N2OS. The van der Waals surface area contributed by atoms with Crippen LogP contribution in [0.3, 0.4) is 0 Å². The zero-order chi connectivity index (χ0) is 8.48. The van der Waals surface area contributed by atoms with E-state index >= 15 is 0 Å². The van der Waals surface area contributed by atoms with Gasteiger partial charge in [-0.1, -0.05) is 6.07 Å². The Morgan fingerprint density at radius 1 is 1.55 bits per heavy atom. The summed E-state index contributed by atoms with van der Waals surface area (Å²) in [4.78, 5) is 3.89. The van der Waals surface area contributed by atoms with Gasteiger partial charge in [0.05, 0.1) is 9.73 Å². The number of hydrogen-bond donors (Lipinski definition) is 1. The van der Waals surface area contributed by atoms with Gasteiger partial charge in [-0.3, -0.25) is 0 Å². The first kappa shape index (κ1) is 8.20. The standard InChI is InChI=1S/C7H10N2OS/c1-6-3-4-7(9-5-6)11(2,8)10/h3-5,8H,1-2H3. The molecule has 11 heavy (non-hydrogen) atoms. The maximum Gasteiger partial charge on any atom is 0.135 e. The van der Waals surface area contributed by atoms with Crippen molar-refractivity contribution in [2.75, 3.05) is 6.26 Å². The van der Waals surface area contributed by atoms with E-state index in [1.807, 2.05) is 6.92 Å². The van der Waals surface area contributed by atoms with E-state index in [1.165, 1.54) is 6.26 Å². The third-order valence-corrected chi connectivity index (χ3v) is 2.32. The number of aromatic nitrogens is 1. The van der Waals surface area contributed by atoms with Gasteiger partial charge in [-0.05, 0) is 18.6 Å². The van der Waals surface area contributed by atoms with Crippen LogP contribution in [0.25, 0.3) is 0 Å². The van der Waals surface area contributed by atoms with Crippen molar-refractivity contribution in [1.82, 2.24) is 4.98 Å². The fourth-order valence-corrected chi connectivity index (χ4v) is 1.27. The van der Waals surface area contributed by atoms with Gasteiger partial charge >= 0.3 is 0 Å². The molecule has 0 aliphatic rings. The first-order valence-corrected chi connectivity index (χ1v) is 5.13. The third-order valence-electron chi connectivity index (χ3n) is 1.28. The lowest BCUT2D eigenvalue weighted by molar-refractivity contribution is 0.676. The van der Waals surface area contributed by atoms with Crippen LogP contribution in [0.15, 0.2) is 23.4 Å². The first-order chi connectivity index (χ1) is 5.00. The highest BCUT2D eigenvalue weighted by Gasteiger charge is 2.02. The minimum atomic E-state index is -2.63. The zero-order valence-corrected chi connectivity index (χ0v) is 7.31. The molecule has 0 aliphatic heterocycles. The fourth-order valence-electron chi connectivity index (χ4n) is 0.685. The van der Waals surface area contributed by atoms with Crippen molar-refractivity contribution < 1.29 is 4.21 Å². The van der Waals surface area contributed by atoms with Crippen LogP contribution in [-0.2, 0) is 9.73 Å². The van der Waals surface area contributed by atoms with Gasteiger partial charge in [-0.25, -0.2) is 14.0 Å². The summed E-state index contributed by atoms with van der Waals surface area (Å²) in [6.45, 7) is 1.90. The topological polar surface area (TPSA) is 53.8 Å². The van der Waals surface area contributed by atoms with Crippen molar-refractivity contribution in [3.05, 3.63) is 23.9 Å². The predicted octanol–water partition coefficient (Wildman–Crippen LogP) is 1.43. The van der Waals surface area contributed by atoms with Crippen molar-refractivity contribution in [3.8, 4) is 0 Å². The second kappa shape index (κ2) is 2.62. The summed E-state index contributed by atoms with van der Waals surface area (Å²) in [7, 11) is -2.63. The summed E-state index contributed by atoms with van der Waals surface area (Å²) in [5.41, 5.74) is 1.01. The summed E-state index contributed by atoms with van der Waals surface area (Å²) < 4.78 is 18.3. The number of pyridine rings is 1. The van der Waals surface area contributed by atoms with E-state index in [2.05, 4.69) is 4.98 Å². The Hall–Kier alpha value is -0.900. The monoisotopic (exact) mass is 170 g/mol. The van der Waals surface area contributed by atoms with E-state index in [9.17, 15) is 4.21 Å². The van der Waals surface area contributed by atoms with Crippen LogP contribution in [0, 0.1) is 11.7 Å². The van der Waals surface area contributed by atoms with Gasteiger partial charge in [0.25, 0.3) is 0 Å². The minimum absolute atomic E-state index is 0.350. The van der Waals surface area contributed by atoms with Crippen LogP contribution in [-0.4, -0.2) is 15.4 Å². The molecule has 1 rings (SSSR count). The highest BCUT2D eigenvalue weighted by atomic mass is 32.2. The highest BCUT2D eigenvalue weighted by Crippen LogP contribution is 2.05. The normalized spacial score (nSPS) is 15.8. The molecule has 1 unspecified atom stereocenters. The van der Waals surface area contributed by atoms with Gasteiger partial charge in [0.2, 0.25) is 0 Å². The van der Waals surface area contributed by atoms with Crippen LogP contribution < -0.4 is 0 Å². The summed E-state index contributed by atoms with van der Waals surface area (Å²) >= 11 is 0. The van der Waals surface area contributed by atoms with Crippen LogP contribution in [0.2, 0.25) is 0 Å². The quantitative estimate of drug-likeness (QED) is 0.693. The molecule has 0 fully saturated rings. The predicted molar refractivity (Wildman–Crippen MR) is 44.0 cm³/mol. The van der Waals surface area contributed by atoms with Crippen LogP contribution >= 0.6 is 0 Å². The molecular weight excluding hydrogens is 160 g/mol. The van der Waals surface area contributed by atoms with Gasteiger partial charge < -0.3 is 0 Å². The maximum atomic E-state index is 11.1. The smallest absolute Gasteiger partial charge is 0.135 e. The average molecular weight is 170 g/mol. The Morgan fingerprint density at radius 3 is 2.55 bits per heavy atom. The molecule has 1 N–H and O–H groups in total. The molecule has 3 nitrogen and oxygen atoms in total. The van der Waals surface area contributed by atoms with Crippen molar-refractivity contribution in [3.63, 3.8) is 0 Å². The first-order valence-electron chi connectivity index (χ1n) is 3.16. The van der Waals surface area contributed by atoms with Crippen molar-refractivity contribution >= 4 is 9.73 Å². The molecule has 0 saturated heterocycles. The van der Waals surface area contributed by atoms with E-state index in [4.69, 9.17) is 4.78 Å². The molecule has 1 aromatic rings. The maximum absolute atomic E-state index is 11.1. The van der Waals surface area contributed by atoms with Crippen molar-refractivity contribution in [2.45, 2.75) is 11.9 Å². The lowest BCUT2D eigenvalue weighted by Crippen LogP contribution is -1.97. The lowest BCUT2D eigenvalue weighted by atomic mass is 10.3. The zero-order valence-electron chi connectivity index (χ0n) is 6.50. The van der Waals surface area contributed by atoms with Crippen molar-refractivity contribution in [1.29, 1.82) is 4.78 Å². The van der Waals surface area contributed by atoms with Crippen LogP contribution in [0.4, 0.5) is 0 Å². The second-order valence-electron chi connectivity index (χ2n) is 2.52. The molecule has 60 valence electrons. The van der Waals surface area contributed by atoms with Gasteiger partial charge in [0, 0.05) is 12.5 Å². The lowest BCUT2D eigenvalue weighted by Gasteiger charge is -1.98. The van der Waals surface area contributed by atoms with Crippen LogP contribution in [0.5, 0.6) is 0 Å². The number of hydrogen-bond acceptors (Lipinski definition) is 3. The molecule has 1 aromatic heterocycles. The van der Waals surface area contributed by atoms with Crippen molar-refractivity contribution in [2.24, 2.45) is 0 Å². The van der Waals surface area contributed by atoms with Gasteiger partial charge in [-0.2, -0.15) is 0 Å². The molecule has 1 heterocycles.